The van der Waals surface area contributed by atoms with Crippen molar-refractivity contribution in [2.75, 3.05) is 0 Å². The van der Waals surface area contributed by atoms with Crippen LogP contribution < -0.4 is 0 Å². The van der Waals surface area contributed by atoms with Crippen LogP contribution in [0.3, 0.4) is 0 Å². The molecule has 0 bridgehead atoms. The largest absolute Gasteiger partial charge is 0.476 e. The van der Waals surface area contributed by atoms with Gasteiger partial charge in [-0.05, 0) is 0 Å². The van der Waals surface area contributed by atoms with E-state index < -0.39 is 5.97 Å². The first-order valence-corrected chi connectivity index (χ1v) is 2.97. The number of hydrogen-bond donors (Lipinski definition) is 2. The zero-order valence-corrected chi connectivity index (χ0v) is 5.92. The number of aromatic carboxylic acids is 1. The van der Waals surface area contributed by atoms with Gasteiger partial charge in [-0.2, -0.15) is 5.10 Å². The fourth-order valence-electron chi connectivity index (χ4n) is 0.600. The summed E-state index contributed by atoms with van der Waals surface area (Å²) in [5.74, 6) is -1.28. The molecule has 0 aromatic carbocycles. The monoisotopic (exact) mass is 174 g/mol. The third-order valence-corrected chi connectivity index (χ3v) is 1.37. The number of aldehydes is 1. The maximum atomic E-state index is 10.3. The second-order valence-corrected chi connectivity index (χ2v) is 2.10. The van der Waals surface area contributed by atoms with E-state index in [1.807, 2.05) is 0 Å². The van der Waals surface area contributed by atoms with Crippen LogP contribution in [0.5, 0.6) is 0 Å². The highest BCUT2D eigenvalue weighted by atomic mass is 35.5. The zero-order chi connectivity index (χ0) is 8.43. The predicted octanol–water partition coefficient (Wildman–Crippen LogP) is 0.574. The van der Waals surface area contributed by atoms with Crippen LogP contribution in [0.15, 0.2) is 0 Å². The van der Waals surface area contributed by atoms with E-state index in [0.29, 0.717) is 6.29 Å². The highest BCUT2D eigenvalue weighted by molar-refractivity contribution is 6.32. The second-order valence-electron chi connectivity index (χ2n) is 1.72. The standard InChI is InChI=1S/C5H3ClN2O3/c6-4-2(1-9)3(5(10)11)7-8-4/h1H,(H,7,8)(H,10,11). The Balaban J connectivity index is 3.26. The van der Waals surface area contributed by atoms with Gasteiger partial charge in [-0.15, -0.1) is 0 Å². The lowest BCUT2D eigenvalue weighted by Crippen LogP contribution is -2.00. The van der Waals surface area contributed by atoms with Crippen molar-refractivity contribution in [2.24, 2.45) is 0 Å². The van der Waals surface area contributed by atoms with E-state index in [0.717, 1.165) is 0 Å². The number of carbonyl (C=O) groups excluding carboxylic acids is 1. The summed E-state index contributed by atoms with van der Waals surface area (Å²) in [6, 6.07) is 0. The molecule has 1 aromatic heterocycles. The number of aromatic nitrogens is 2. The number of carbonyl (C=O) groups is 2. The molecular formula is C5H3ClN2O3. The summed E-state index contributed by atoms with van der Waals surface area (Å²) >= 11 is 5.38. The van der Waals surface area contributed by atoms with Gasteiger partial charge in [-0.1, -0.05) is 11.6 Å². The molecule has 0 atom stereocenters. The topological polar surface area (TPSA) is 83.1 Å². The minimum Gasteiger partial charge on any atom is -0.476 e. The van der Waals surface area contributed by atoms with Gasteiger partial charge in [0, 0.05) is 0 Å². The van der Waals surface area contributed by atoms with Crippen LogP contribution in [-0.4, -0.2) is 27.6 Å². The van der Waals surface area contributed by atoms with Gasteiger partial charge in [-0.3, -0.25) is 9.89 Å². The van der Waals surface area contributed by atoms with Gasteiger partial charge in [0.1, 0.15) is 5.15 Å². The summed E-state index contributed by atoms with van der Waals surface area (Å²) in [6.45, 7) is 0. The molecule has 1 heterocycles. The number of halogens is 1. The van der Waals surface area contributed by atoms with Gasteiger partial charge in [0.15, 0.2) is 12.0 Å². The average molecular weight is 175 g/mol. The molecule has 0 amide bonds. The van der Waals surface area contributed by atoms with E-state index in [-0.39, 0.29) is 16.4 Å². The van der Waals surface area contributed by atoms with Gasteiger partial charge in [0.2, 0.25) is 0 Å². The van der Waals surface area contributed by atoms with Gasteiger partial charge >= 0.3 is 5.97 Å². The number of rotatable bonds is 2. The Bertz CT molecular complexity index is 307. The van der Waals surface area contributed by atoms with E-state index in [4.69, 9.17) is 16.7 Å². The first kappa shape index (κ1) is 7.74. The molecule has 0 aliphatic carbocycles. The number of nitrogens with one attached hydrogen (secondary N) is 1. The van der Waals surface area contributed by atoms with Crippen LogP contribution in [0.1, 0.15) is 20.8 Å². The molecule has 0 aliphatic heterocycles. The van der Waals surface area contributed by atoms with Crippen LogP contribution in [0.25, 0.3) is 0 Å². The van der Waals surface area contributed by atoms with Gasteiger partial charge in [-0.25, -0.2) is 4.79 Å². The summed E-state index contributed by atoms with van der Waals surface area (Å²) < 4.78 is 0. The number of H-pyrrole nitrogens is 1. The SMILES string of the molecule is O=Cc1c(C(=O)O)n[nH]c1Cl. The lowest BCUT2D eigenvalue weighted by molar-refractivity contribution is 0.0687. The highest BCUT2D eigenvalue weighted by Crippen LogP contribution is 2.13. The first-order chi connectivity index (χ1) is 5.16. The fourth-order valence-corrected chi connectivity index (χ4v) is 0.776. The molecule has 0 radical (unpaired) electrons. The third-order valence-electron chi connectivity index (χ3n) is 1.08. The van der Waals surface area contributed by atoms with Crippen LogP contribution >= 0.6 is 11.6 Å². The van der Waals surface area contributed by atoms with Crippen LogP contribution in [0.4, 0.5) is 0 Å². The zero-order valence-electron chi connectivity index (χ0n) is 5.17. The Morgan fingerprint density at radius 1 is 1.73 bits per heavy atom. The molecule has 1 aromatic rings. The number of carboxylic acid groups (broad SMARTS) is 1. The molecule has 0 saturated heterocycles. The van der Waals surface area contributed by atoms with E-state index in [1.165, 1.54) is 0 Å². The van der Waals surface area contributed by atoms with Crippen molar-refractivity contribution >= 4 is 23.9 Å². The van der Waals surface area contributed by atoms with E-state index in [1.54, 1.807) is 0 Å². The summed E-state index contributed by atoms with van der Waals surface area (Å²) in [5, 5.41) is 13.8. The summed E-state index contributed by atoms with van der Waals surface area (Å²) in [7, 11) is 0. The molecule has 1 rings (SSSR count). The molecule has 11 heavy (non-hydrogen) atoms. The quantitative estimate of drug-likeness (QED) is 0.643. The molecule has 58 valence electrons. The Hall–Kier alpha value is -1.36. The van der Waals surface area contributed by atoms with Crippen LogP contribution in [0.2, 0.25) is 5.15 Å². The average Bonchev–Trinajstić information content (AvgIpc) is 2.30. The molecule has 5 nitrogen and oxygen atoms in total. The van der Waals surface area contributed by atoms with E-state index >= 15 is 0 Å². The molecule has 2 N–H and O–H groups in total. The molecular weight excluding hydrogens is 172 g/mol. The molecule has 0 saturated carbocycles. The Labute approximate surface area is 66.0 Å². The van der Waals surface area contributed by atoms with Crippen LogP contribution in [0, 0.1) is 0 Å². The Morgan fingerprint density at radius 2 is 2.36 bits per heavy atom. The maximum absolute atomic E-state index is 10.3. The van der Waals surface area contributed by atoms with Gasteiger partial charge < -0.3 is 5.11 Å². The van der Waals surface area contributed by atoms with Crippen molar-refractivity contribution in [2.45, 2.75) is 0 Å². The summed E-state index contributed by atoms with van der Waals surface area (Å²) in [5.41, 5.74) is -0.482. The van der Waals surface area contributed by atoms with Crippen molar-refractivity contribution in [1.82, 2.24) is 10.2 Å². The maximum Gasteiger partial charge on any atom is 0.357 e. The Kier molecular flexibility index (Phi) is 1.91. The number of nitrogens with zero attached hydrogens (tertiary/aromatic N) is 1. The van der Waals surface area contributed by atoms with Crippen molar-refractivity contribution in [3.05, 3.63) is 16.4 Å². The van der Waals surface area contributed by atoms with Crippen molar-refractivity contribution in [1.29, 1.82) is 0 Å². The lowest BCUT2D eigenvalue weighted by atomic mass is 10.3. The first-order valence-electron chi connectivity index (χ1n) is 2.59. The second kappa shape index (κ2) is 2.71. The fraction of sp³-hybridized carbons (Fsp3) is 0. The molecule has 0 unspecified atom stereocenters. The van der Waals surface area contributed by atoms with Crippen molar-refractivity contribution < 1.29 is 14.7 Å². The minimum absolute atomic E-state index is 0.0580. The van der Waals surface area contributed by atoms with Crippen LogP contribution in [-0.2, 0) is 0 Å². The minimum atomic E-state index is -1.28. The number of hydrogen-bond acceptors (Lipinski definition) is 3. The Morgan fingerprint density at radius 3 is 2.73 bits per heavy atom. The third kappa shape index (κ3) is 1.22. The number of carboxylic acids is 1. The van der Waals surface area contributed by atoms with E-state index in [2.05, 4.69) is 10.2 Å². The highest BCUT2D eigenvalue weighted by Gasteiger charge is 2.16. The van der Waals surface area contributed by atoms with Crippen molar-refractivity contribution in [3.63, 3.8) is 0 Å². The van der Waals surface area contributed by atoms with Crippen molar-refractivity contribution in [3.8, 4) is 0 Å². The summed E-state index contributed by atoms with van der Waals surface area (Å²) in [6.07, 6.45) is 0.343. The van der Waals surface area contributed by atoms with E-state index in [9.17, 15) is 9.59 Å². The molecule has 0 aliphatic rings. The molecule has 6 heteroatoms. The normalized spacial score (nSPS) is 9.55. The van der Waals surface area contributed by atoms with Gasteiger partial charge in [0.05, 0.1) is 5.56 Å². The smallest absolute Gasteiger partial charge is 0.357 e. The molecule has 0 fully saturated rings. The molecule has 0 spiro atoms. The van der Waals surface area contributed by atoms with Gasteiger partial charge in [0.25, 0.3) is 0 Å². The lowest BCUT2D eigenvalue weighted by Gasteiger charge is -1.85. The predicted molar refractivity (Wildman–Crippen MR) is 35.9 cm³/mol. The summed E-state index contributed by atoms with van der Waals surface area (Å²) in [4.78, 5) is 20.5. The number of aromatic amines is 1.